The minimum atomic E-state index is -4.31. The van der Waals surface area contributed by atoms with Crippen LogP contribution in [0.5, 0.6) is 0 Å². The second kappa shape index (κ2) is 5.48. The van der Waals surface area contributed by atoms with Gasteiger partial charge in [-0.25, -0.2) is 0 Å². The standard InChI is InChI=1S/C15H16F3NS/c1-9-4-5-13(7-14(9)15(16,17)18)19-8-12-6-10(2)20-11(12)3/h4-7,19H,8H2,1-3H3. The van der Waals surface area contributed by atoms with E-state index >= 15 is 0 Å². The molecule has 1 heterocycles. The first kappa shape index (κ1) is 14.9. The summed E-state index contributed by atoms with van der Waals surface area (Å²) in [5, 5.41) is 3.06. The van der Waals surface area contributed by atoms with Gasteiger partial charge in [0, 0.05) is 22.0 Å². The van der Waals surface area contributed by atoms with Crippen molar-refractivity contribution in [2.24, 2.45) is 0 Å². The summed E-state index contributed by atoms with van der Waals surface area (Å²) in [5.74, 6) is 0. The van der Waals surface area contributed by atoms with Crippen LogP contribution in [0.2, 0.25) is 0 Å². The van der Waals surface area contributed by atoms with Gasteiger partial charge >= 0.3 is 6.18 Å². The molecule has 1 aromatic heterocycles. The van der Waals surface area contributed by atoms with Gasteiger partial charge in [0.25, 0.3) is 0 Å². The lowest BCUT2D eigenvalue weighted by Gasteiger charge is -2.13. The lowest BCUT2D eigenvalue weighted by Crippen LogP contribution is -2.09. The van der Waals surface area contributed by atoms with Crippen molar-refractivity contribution in [2.75, 3.05) is 5.32 Å². The molecule has 0 aliphatic rings. The average molecular weight is 299 g/mol. The molecule has 0 aliphatic carbocycles. The number of hydrogen-bond donors (Lipinski definition) is 1. The fourth-order valence-electron chi connectivity index (χ4n) is 2.09. The average Bonchev–Trinajstić information content (AvgIpc) is 2.65. The highest BCUT2D eigenvalue weighted by atomic mass is 32.1. The number of anilines is 1. The second-order valence-corrected chi connectivity index (χ2v) is 6.28. The smallest absolute Gasteiger partial charge is 0.381 e. The van der Waals surface area contributed by atoms with Crippen LogP contribution in [0, 0.1) is 20.8 Å². The molecule has 5 heteroatoms. The first-order valence-corrected chi connectivity index (χ1v) is 7.06. The van der Waals surface area contributed by atoms with Crippen molar-refractivity contribution in [1.82, 2.24) is 0 Å². The van der Waals surface area contributed by atoms with Crippen molar-refractivity contribution in [3.8, 4) is 0 Å². The predicted octanol–water partition coefficient (Wildman–Crippen LogP) is 5.30. The zero-order valence-electron chi connectivity index (χ0n) is 11.6. The molecule has 1 nitrogen and oxygen atoms in total. The van der Waals surface area contributed by atoms with Crippen molar-refractivity contribution in [3.63, 3.8) is 0 Å². The molecule has 0 saturated carbocycles. The number of rotatable bonds is 3. The van der Waals surface area contributed by atoms with E-state index in [2.05, 4.69) is 11.4 Å². The van der Waals surface area contributed by atoms with Gasteiger partial charge < -0.3 is 5.32 Å². The molecule has 0 amide bonds. The Morgan fingerprint density at radius 3 is 2.35 bits per heavy atom. The van der Waals surface area contributed by atoms with Crippen molar-refractivity contribution in [1.29, 1.82) is 0 Å². The molecule has 0 radical (unpaired) electrons. The maximum Gasteiger partial charge on any atom is 0.416 e. The van der Waals surface area contributed by atoms with E-state index in [-0.39, 0.29) is 5.56 Å². The van der Waals surface area contributed by atoms with E-state index < -0.39 is 11.7 Å². The van der Waals surface area contributed by atoms with E-state index in [0.29, 0.717) is 12.2 Å². The van der Waals surface area contributed by atoms with Crippen LogP contribution in [0.1, 0.15) is 26.4 Å². The summed E-state index contributed by atoms with van der Waals surface area (Å²) in [6, 6.07) is 6.41. The third-order valence-corrected chi connectivity index (χ3v) is 4.18. The van der Waals surface area contributed by atoms with Crippen LogP contribution in [0.25, 0.3) is 0 Å². The van der Waals surface area contributed by atoms with Gasteiger partial charge in [-0.3, -0.25) is 0 Å². The molecule has 20 heavy (non-hydrogen) atoms. The van der Waals surface area contributed by atoms with E-state index in [4.69, 9.17) is 0 Å². The number of nitrogens with one attached hydrogen (secondary N) is 1. The van der Waals surface area contributed by atoms with Crippen LogP contribution < -0.4 is 5.32 Å². The molecule has 0 unspecified atom stereocenters. The van der Waals surface area contributed by atoms with Crippen molar-refractivity contribution >= 4 is 17.0 Å². The maximum absolute atomic E-state index is 12.8. The van der Waals surface area contributed by atoms with Crippen LogP contribution in [0.3, 0.4) is 0 Å². The highest BCUT2D eigenvalue weighted by Gasteiger charge is 2.32. The highest BCUT2D eigenvalue weighted by molar-refractivity contribution is 7.12. The molecule has 1 aromatic carbocycles. The number of benzene rings is 1. The normalized spacial score (nSPS) is 11.7. The van der Waals surface area contributed by atoms with Crippen LogP contribution in [-0.4, -0.2) is 0 Å². The van der Waals surface area contributed by atoms with Crippen molar-refractivity contribution < 1.29 is 13.2 Å². The summed E-state index contributed by atoms with van der Waals surface area (Å²) in [7, 11) is 0. The molecular weight excluding hydrogens is 283 g/mol. The van der Waals surface area contributed by atoms with Gasteiger partial charge in [0.05, 0.1) is 5.56 Å². The number of aryl methyl sites for hydroxylation is 3. The molecule has 0 fully saturated rings. The topological polar surface area (TPSA) is 12.0 Å². The monoisotopic (exact) mass is 299 g/mol. The van der Waals surface area contributed by atoms with E-state index in [1.165, 1.54) is 28.8 Å². The van der Waals surface area contributed by atoms with Gasteiger partial charge in [-0.1, -0.05) is 6.07 Å². The first-order chi connectivity index (χ1) is 9.27. The van der Waals surface area contributed by atoms with E-state index in [1.807, 2.05) is 13.8 Å². The summed E-state index contributed by atoms with van der Waals surface area (Å²) in [4.78, 5) is 2.40. The quantitative estimate of drug-likeness (QED) is 0.810. The van der Waals surface area contributed by atoms with Crippen LogP contribution in [-0.2, 0) is 12.7 Å². The Hall–Kier alpha value is -1.49. The number of halogens is 3. The summed E-state index contributed by atoms with van der Waals surface area (Å²) >= 11 is 1.69. The lowest BCUT2D eigenvalue weighted by molar-refractivity contribution is -0.138. The molecular formula is C15H16F3NS. The largest absolute Gasteiger partial charge is 0.416 e. The fourth-order valence-corrected chi connectivity index (χ4v) is 3.04. The third kappa shape index (κ3) is 3.33. The third-order valence-electron chi connectivity index (χ3n) is 3.17. The summed E-state index contributed by atoms with van der Waals surface area (Å²) < 4.78 is 38.5. The van der Waals surface area contributed by atoms with Gasteiger partial charge in [0.1, 0.15) is 0 Å². The number of thiophene rings is 1. The molecule has 2 rings (SSSR count). The Bertz CT molecular complexity index is 614. The Labute approximate surface area is 120 Å². The summed E-state index contributed by atoms with van der Waals surface area (Å²) in [6.45, 7) is 6.05. The molecule has 0 aliphatic heterocycles. The van der Waals surface area contributed by atoms with Gasteiger partial charge in [0.2, 0.25) is 0 Å². The summed E-state index contributed by atoms with van der Waals surface area (Å²) in [5.41, 5.74) is 1.28. The Kier molecular flexibility index (Phi) is 4.09. The number of hydrogen-bond acceptors (Lipinski definition) is 2. The Morgan fingerprint density at radius 1 is 1.10 bits per heavy atom. The van der Waals surface area contributed by atoms with Crippen LogP contribution in [0.15, 0.2) is 24.3 Å². The first-order valence-electron chi connectivity index (χ1n) is 6.25. The molecule has 2 aromatic rings. The van der Waals surface area contributed by atoms with Gasteiger partial charge in [-0.2, -0.15) is 13.2 Å². The molecule has 0 bridgehead atoms. The van der Waals surface area contributed by atoms with Gasteiger partial charge in [-0.05, 0) is 50.1 Å². The molecule has 108 valence electrons. The second-order valence-electron chi connectivity index (χ2n) is 4.82. The molecule has 0 atom stereocenters. The minimum Gasteiger partial charge on any atom is -0.381 e. The zero-order chi connectivity index (χ0) is 14.9. The number of alkyl halides is 3. The molecule has 0 spiro atoms. The van der Waals surface area contributed by atoms with Crippen LogP contribution in [0.4, 0.5) is 18.9 Å². The van der Waals surface area contributed by atoms with Gasteiger partial charge in [-0.15, -0.1) is 11.3 Å². The SMILES string of the molecule is Cc1cc(CNc2ccc(C)c(C(F)(F)F)c2)c(C)s1. The zero-order valence-corrected chi connectivity index (χ0v) is 12.4. The minimum absolute atomic E-state index is 0.241. The fraction of sp³-hybridized carbons (Fsp3) is 0.333. The van der Waals surface area contributed by atoms with Gasteiger partial charge in [0.15, 0.2) is 0 Å². The Morgan fingerprint density at radius 2 is 1.80 bits per heavy atom. The van der Waals surface area contributed by atoms with Crippen LogP contribution >= 0.6 is 11.3 Å². The summed E-state index contributed by atoms with van der Waals surface area (Å²) in [6.07, 6.45) is -4.31. The van der Waals surface area contributed by atoms with E-state index in [9.17, 15) is 13.2 Å². The lowest BCUT2D eigenvalue weighted by atomic mass is 10.1. The molecule has 1 N–H and O–H groups in total. The Balaban J connectivity index is 2.16. The van der Waals surface area contributed by atoms with E-state index in [0.717, 1.165) is 5.56 Å². The highest BCUT2D eigenvalue weighted by Crippen LogP contribution is 2.33. The predicted molar refractivity (Wildman–Crippen MR) is 77.3 cm³/mol. The van der Waals surface area contributed by atoms with Crippen molar-refractivity contribution in [3.05, 3.63) is 50.7 Å². The maximum atomic E-state index is 12.8. The van der Waals surface area contributed by atoms with Crippen molar-refractivity contribution in [2.45, 2.75) is 33.5 Å². The molecule has 0 saturated heterocycles. The van der Waals surface area contributed by atoms with E-state index in [1.54, 1.807) is 17.4 Å².